The van der Waals surface area contributed by atoms with Crippen molar-refractivity contribution in [2.75, 3.05) is 6.54 Å². The average Bonchev–Trinajstić information content (AvgIpc) is 2.16. The van der Waals surface area contributed by atoms with Gasteiger partial charge in [0.15, 0.2) is 0 Å². The third-order valence-corrected chi connectivity index (χ3v) is 5.47. The molecule has 3 atom stereocenters. The summed E-state index contributed by atoms with van der Waals surface area (Å²) in [6.07, 6.45) is 6.72. The van der Waals surface area contributed by atoms with Crippen LogP contribution in [0.25, 0.3) is 0 Å². The number of rotatable bonds is 3. The first-order valence-electron chi connectivity index (χ1n) is 7.00. The van der Waals surface area contributed by atoms with Gasteiger partial charge in [-0.3, -0.25) is 0 Å². The fraction of sp³-hybridized carbons (Fsp3) is 1.00. The maximum absolute atomic E-state index is 6.19. The van der Waals surface area contributed by atoms with Crippen LogP contribution in [-0.2, 0) is 0 Å². The molecular formula is C14H28N2. The van der Waals surface area contributed by atoms with Gasteiger partial charge in [-0.25, -0.2) is 0 Å². The van der Waals surface area contributed by atoms with E-state index in [9.17, 15) is 0 Å². The molecule has 2 nitrogen and oxygen atoms in total. The molecule has 0 aromatic carbocycles. The molecule has 16 heavy (non-hydrogen) atoms. The van der Waals surface area contributed by atoms with Crippen LogP contribution in [0.4, 0.5) is 0 Å². The van der Waals surface area contributed by atoms with E-state index in [-0.39, 0.29) is 0 Å². The molecule has 0 heterocycles. The Balaban J connectivity index is 1.87. The molecule has 2 fully saturated rings. The second-order valence-corrected chi connectivity index (χ2v) is 6.58. The maximum atomic E-state index is 6.19. The molecule has 0 radical (unpaired) electrons. The summed E-state index contributed by atoms with van der Waals surface area (Å²) in [5.74, 6) is 1.46. The topological polar surface area (TPSA) is 38.0 Å². The maximum Gasteiger partial charge on any atom is 0.00698 e. The molecule has 3 unspecified atom stereocenters. The Bertz CT molecular complexity index is 233. The Hall–Kier alpha value is -0.0800. The molecule has 0 amide bonds. The summed E-state index contributed by atoms with van der Waals surface area (Å²) in [5, 5.41) is 3.74. The second-order valence-electron chi connectivity index (χ2n) is 6.58. The first-order chi connectivity index (χ1) is 7.51. The third-order valence-electron chi connectivity index (χ3n) is 5.47. The van der Waals surface area contributed by atoms with Crippen molar-refractivity contribution in [1.82, 2.24) is 5.32 Å². The molecular weight excluding hydrogens is 196 g/mol. The van der Waals surface area contributed by atoms with E-state index in [0.717, 1.165) is 12.0 Å². The quantitative estimate of drug-likeness (QED) is 0.773. The minimum Gasteiger partial charge on any atom is -0.327 e. The summed E-state index contributed by atoms with van der Waals surface area (Å²) in [6, 6.07) is 1.23. The molecule has 2 heteroatoms. The monoisotopic (exact) mass is 224 g/mol. The normalized spacial score (nSPS) is 39.4. The van der Waals surface area contributed by atoms with Crippen molar-refractivity contribution < 1.29 is 0 Å². The minimum atomic E-state index is 0.397. The molecule has 0 spiro atoms. The van der Waals surface area contributed by atoms with E-state index in [1.54, 1.807) is 0 Å². The van der Waals surface area contributed by atoms with Gasteiger partial charge in [-0.15, -0.1) is 0 Å². The van der Waals surface area contributed by atoms with Crippen molar-refractivity contribution in [3.05, 3.63) is 0 Å². The number of nitrogens with one attached hydrogen (secondary N) is 1. The lowest BCUT2D eigenvalue weighted by atomic mass is 9.61. The largest absolute Gasteiger partial charge is 0.327 e. The Kier molecular flexibility index (Phi) is 3.60. The lowest BCUT2D eigenvalue weighted by Crippen LogP contribution is -2.51. The van der Waals surface area contributed by atoms with Crippen LogP contribution >= 0.6 is 0 Å². The molecule has 0 aromatic rings. The second kappa shape index (κ2) is 4.66. The van der Waals surface area contributed by atoms with E-state index in [4.69, 9.17) is 5.73 Å². The van der Waals surface area contributed by atoms with E-state index in [2.05, 4.69) is 26.1 Å². The molecule has 2 saturated carbocycles. The van der Waals surface area contributed by atoms with Crippen LogP contribution in [0, 0.1) is 17.3 Å². The molecule has 3 N–H and O–H groups in total. The average molecular weight is 224 g/mol. The third kappa shape index (κ3) is 2.28. The summed E-state index contributed by atoms with van der Waals surface area (Å²) in [6.45, 7) is 8.35. The Labute approximate surface area is 100 Å². The van der Waals surface area contributed by atoms with E-state index in [1.807, 2.05) is 0 Å². The number of hydrogen-bond donors (Lipinski definition) is 2. The van der Waals surface area contributed by atoms with Gasteiger partial charge in [0, 0.05) is 12.1 Å². The van der Waals surface area contributed by atoms with Gasteiger partial charge in [0.2, 0.25) is 0 Å². The summed E-state index contributed by atoms with van der Waals surface area (Å²) in [7, 11) is 0. The van der Waals surface area contributed by atoms with Crippen LogP contribution in [0.5, 0.6) is 0 Å². The smallest absolute Gasteiger partial charge is 0.00698 e. The summed E-state index contributed by atoms with van der Waals surface area (Å²) in [4.78, 5) is 0. The van der Waals surface area contributed by atoms with Crippen LogP contribution in [-0.4, -0.2) is 18.6 Å². The van der Waals surface area contributed by atoms with Crippen molar-refractivity contribution in [3.8, 4) is 0 Å². The van der Waals surface area contributed by atoms with E-state index in [1.165, 1.54) is 38.6 Å². The summed E-state index contributed by atoms with van der Waals surface area (Å²) in [5.41, 5.74) is 6.59. The lowest BCUT2D eigenvalue weighted by molar-refractivity contribution is 0.0503. The van der Waals surface area contributed by atoms with Gasteiger partial charge in [-0.2, -0.15) is 0 Å². The lowest BCUT2D eigenvalue weighted by Gasteiger charge is -2.47. The molecule has 94 valence electrons. The van der Waals surface area contributed by atoms with E-state index in [0.29, 0.717) is 17.4 Å². The molecule has 2 aliphatic rings. The van der Waals surface area contributed by atoms with Crippen molar-refractivity contribution in [3.63, 3.8) is 0 Å². The van der Waals surface area contributed by atoms with Crippen LogP contribution < -0.4 is 11.1 Å². The minimum absolute atomic E-state index is 0.397. The van der Waals surface area contributed by atoms with Gasteiger partial charge >= 0.3 is 0 Å². The highest BCUT2D eigenvalue weighted by Gasteiger charge is 2.41. The molecule has 0 saturated heterocycles. The highest BCUT2D eigenvalue weighted by molar-refractivity contribution is 4.94. The van der Waals surface area contributed by atoms with Crippen molar-refractivity contribution >= 4 is 0 Å². The summed E-state index contributed by atoms with van der Waals surface area (Å²) >= 11 is 0. The van der Waals surface area contributed by atoms with Gasteiger partial charge in [0.05, 0.1) is 0 Å². The number of hydrogen-bond acceptors (Lipinski definition) is 2. The molecule has 2 aliphatic carbocycles. The van der Waals surface area contributed by atoms with Crippen molar-refractivity contribution in [2.45, 2.75) is 65.0 Å². The SMILES string of the molecule is CC1C(N)CCC(CNC2CCC2)C1(C)C. The van der Waals surface area contributed by atoms with E-state index < -0.39 is 0 Å². The van der Waals surface area contributed by atoms with Gasteiger partial charge in [-0.1, -0.05) is 27.2 Å². The van der Waals surface area contributed by atoms with Crippen LogP contribution in [0.3, 0.4) is 0 Å². The van der Waals surface area contributed by atoms with E-state index >= 15 is 0 Å². The standard InChI is InChI=1S/C14H28N2/c1-10-13(15)8-7-11(14(10,2)3)9-16-12-5-4-6-12/h10-13,16H,4-9,15H2,1-3H3. The van der Waals surface area contributed by atoms with Crippen LogP contribution in [0.2, 0.25) is 0 Å². The Morgan fingerprint density at radius 1 is 1.19 bits per heavy atom. The zero-order valence-corrected chi connectivity index (χ0v) is 11.1. The number of nitrogens with two attached hydrogens (primary N) is 1. The predicted octanol–water partition coefficient (Wildman–Crippen LogP) is 2.53. The van der Waals surface area contributed by atoms with Gasteiger partial charge < -0.3 is 11.1 Å². The molecule has 2 rings (SSSR count). The van der Waals surface area contributed by atoms with Crippen LogP contribution in [0.1, 0.15) is 52.9 Å². The van der Waals surface area contributed by atoms with Crippen molar-refractivity contribution in [1.29, 1.82) is 0 Å². The first-order valence-corrected chi connectivity index (χ1v) is 7.00. The molecule has 0 aromatic heterocycles. The van der Waals surface area contributed by atoms with Gasteiger partial charge in [0.1, 0.15) is 0 Å². The van der Waals surface area contributed by atoms with Gasteiger partial charge in [0.25, 0.3) is 0 Å². The highest BCUT2D eigenvalue weighted by Crippen LogP contribution is 2.44. The first kappa shape index (κ1) is 12.4. The zero-order chi connectivity index (χ0) is 11.8. The summed E-state index contributed by atoms with van der Waals surface area (Å²) < 4.78 is 0. The Morgan fingerprint density at radius 3 is 2.44 bits per heavy atom. The zero-order valence-electron chi connectivity index (χ0n) is 11.1. The molecule has 0 aliphatic heterocycles. The van der Waals surface area contributed by atoms with Gasteiger partial charge in [-0.05, 0) is 49.5 Å². The fourth-order valence-corrected chi connectivity index (χ4v) is 3.23. The molecule has 0 bridgehead atoms. The predicted molar refractivity (Wildman–Crippen MR) is 69.3 cm³/mol. The van der Waals surface area contributed by atoms with Crippen LogP contribution in [0.15, 0.2) is 0 Å². The Morgan fingerprint density at radius 2 is 1.88 bits per heavy atom. The van der Waals surface area contributed by atoms with Crippen molar-refractivity contribution in [2.24, 2.45) is 23.0 Å². The fourth-order valence-electron chi connectivity index (χ4n) is 3.23. The highest BCUT2D eigenvalue weighted by atomic mass is 14.9.